The van der Waals surface area contributed by atoms with E-state index in [0.717, 1.165) is 34.5 Å². The largest absolute Gasteiger partial charge is 0.490 e. The number of amides is 3. The highest BCUT2D eigenvalue weighted by Crippen LogP contribution is 2.68. The zero-order valence-corrected chi connectivity index (χ0v) is 42.0. The zero-order chi connectivity index (χ0) is 55.1. The lowest BCUT2D eigenvalue weighted by molar-refractivity contribution is -0.498. The van der Waals surface area contributed by atoms with Gasteiger partial charge in [0, 0.05) is 7.11 Å². The number of nitrogens with two attached hydrogens (primary N) is 3. The van der Waals surface area contributed by atoms with E-state index in [2.05, 4.69) is 53.1 Å². The van der Waals surface area contributed by atoms with E-state index in [9.17, 15) is 72.6 Å². The fourth-order valence-corrected chi connectivity index (χ4v) is 13.1. The van der Waals surface area contributed by atoms with E-state index in [4.69, 9.17) is 49.7 Å². The van der Waals surface area contributed by atoms with E-state index < -0.39 is 178 Å². The van der Waals surface area contributed by atoms with Crippen LogP contribution >= 0.6 is 31.3 Å². The van der Waals surface area contributed by atoms with Crippen molar-refractivity contribution in [2.24, 2.45) is 57.1 Å². The van der Waals surface area contributed by atoms with Crippen LogP contribution in [0.5, 0.6) is 0 Å². The molecule has 9 rings (SSSR count). The van der Waals surface area contributed by atoms with Crippen LogP contribution in [0, 0.1) is 0 Å². The lowest BCUT2D eigenvalue weighted by Gasteiger charge is -2.29. The van der Waals surface area contributed by atoms with Crippen LogP contribution in [0.25, 0.3) is 0 Å². The van der Waals surface area contributed by atoms with E-state index in [0.29, 0.717) is 0 Å². The maximum Gasteiger partial charge on any atom is 0.490 e. The molecule has 416 valence electrons. The van der Waals surface area contributed by atoms with Gasteiger partial charge in [-0.2, -0.15) is 43.5 Å². The van der Waals surface area contributed by atoms with Crippen LogP contribution in [-0.2, 0) is 78.3 Å². The molecule has 3 amide bonds. The second kappa shape index (κ2) is 20.7. The fraction of sp³-hybridized carbons (Fsp3) is 0.625. The molecule has 3 fully saturated rings. The third kappa shape index (κ3) is 11.1. The van der Waals surface area contributed by atoms with Crippen molar-refractivity contribution in [1.82, 2.24) is 14.7 Å². The third-order valence-electron chi connectivity index (χ3n) is 11.9. The molecule has 9 aliphatic rings. The molecule has 3 saturated heterocycles. The Morgan fingerprint density at radius 1 is 0.566 bits per heavy atom. The summed E-state index contributed by atoms with van der Waals surface area (Å²) in [7, 11) is -21.1. The molecule has 14 N–H and O–H groups in total. The summed E-state index contributed by atoms with van der Waals surface area (Å²) in [5.41, 5.74) is 16.9. The third-order valence-corrected chi connectivity index (χ3v) is 17.2. The van der Waals surface area contributed by atoms with Gasteiger partial charge in [0.25, 0.3) is 23.7 Å². The molecule has 44 heteroatoms. The van der Waals surface area contributed by atoms with Gasteiger partial charge in [0.15, 0.2) is 36.2 Å². The SMILES string of the molecule is CO[C@@H]1[C@H](OP(=O)(O)OC[C@H]2O[C@@H](N3C=NC4C(=O)N=C(N)N=C43)[C@H](O)[C@@H]2O)[C@@H](COP(=O)(O)OP(=O)(O)OP(=O)(O)OC[C@H]2O[C@@H](N3C=[N+](C)C4C(=O)N=C(N)N=C43)[C@H](O)[C@@H]2O)O[C@H]1N1C=NC2C(=O)N=C(N)N=C21. The number of aliphatic imine (C=N–C) groups is 8. The van der Waals surface area contributed by atoms with Gasteiger partial charge in [0.2, 0.25) is 30.4 Å². The Kier molecular flexibility index (Phi) is 15.2. The quantitative estimate of drug-likeness (QED) is 0.0423. The van der Waals surface area contributed by atoms with Gasteiger partial charge in [0.1, 0.15) is 54.9 Å². The number of aliphatic hydroxyl groups is 4. The normalized spacial score (nSPS) is 38.0. The van der Waals surface area contributed by atoms with Crippen molar-refractivity contribution < 1.29 is 123 Å². The number of carbonyl (C=O) groups excluding carboxylic acids is 3. The number of hydrogen-bond acceptors (Lipinski definition) is 32. The molecule has 0 aromatic heterocycles. The summed E-state index contributed by atoms with van der Waals surface area (Å²) in [5.74, 6) is -4.12. The number of nitrogens with zero attached hydrogens (tertiary/aromatic N) is 12. The molecule has 0 aliphatic carbocycles. The highest BCUT2D eigenvalue weighted by molar-refractivity contribution is 7.66. The number of likely N-dealkylation sites (N-methyl/N-ethyl adjacent to an activating group) is 1. The lowest BCUT2D eigenvalue weighted by atomic mass is 10.1. The second-order valence-electron chi connectivity index (χ2n) is 16.9. The van der Waals surface area contributed by atoms with Crippen molar-refractivity contribution in [2.45, 2.75) is 91.7 Å². The maximum absolute atomic E-state index is 13.7. The summed E-state index contributed by atoms with van der Waals surface area (Å²) >= 11 is 0. The van der Waals surface area contributed by atoms with E-state index in [1.807, 2.05) is 0 Å². The van der Waals surface area contributed by atoms with E-state index in [-0.39, 0.29) is 17.5 Å². The van der Waals surface area contributed by atoms with Crippen molar-refractivity contribution >= 4 is 103 Å². The first-order valence-corrected chi connectivity index (χ1v) is 27.5. The number of rotatable bonds is 19. The monoisotopic (exact) mass is 1160 g/mol. The van der Waals surface area contributed by atoms with Crippen LogP contribution < -0.4 is 17.2 Å². The van der Waals surface area contributed by atoms with Gasteiger partial charge in [-0.05, 0) is 0 Å². The molecule has 0 radical (unpaired) electrons. The van der Waals surface area contributed by atoms with Crippen LogP contribution in [0.15, 0.2) is 39.9 Å². The fourth-order valence-electron chi connectivity index (χ4n) is 8.63. The Morgan fingerprint density at radius 3 is 1.49 bits per heavy atom. The zero-order valence-electron chi connectivity index (χ0n) is 38.4. The van der Waals surface area contributed by atoms with Crippen LogP contribution in [-0.4, -0.2) is 257 Å². The number of amidine groups is 3. The van der Waals surface area contributed by atoms with Gasteiger partial charge in [-0.3, -0.25) is 52.3 Å². The summed E-state index contributed by atoms with van der Waals surface area (Å²) in [4.78, 5) is 113. The molecule has 76 heavy (non-hydrogen) atoms. The summed E-state index contributed by atoms with van der Waals surface area (Å²) in [6.07, 6.45) is -17.5. The minimum absolute atomic E-state index is 0.0598. The van der Waals surface area contributed by atoms with Gasteiger partial charge in [-0.15, -0.1) is 0 Å². The first-order chi connectivity index (χ1) is 35.6. The highest BCUT2D eigenvalue weighted by Gasteiger charge is 2.58. The van der Waals surface area contributed by atoms with Gasteiger partial charge >= 0.3 is 37.2 Å². The number of carbonyl (C=O) groups is 3. The standard InChI is InChI=1S/C32H43N15O25P4/c1-44-8-47(23-14(44)26(54)43-32(35)40-23)28-18(51)16(49)10(68-28)4-65-74(57,58)71-76(61,62)72-75(59,60)66-5-11-19(20(63-2)29(69-11)46-7-37-13-22(46)39-31(34)42-25(13)53)70-73(55,56)64-3-9-15(48)17(50)27(67-9)45-6-36-12-21(45)38-30(33)41-24(12)52/h6-20,27-29,48-51H,3-5H2,1-2H3,(H9-,33,34,35,41,42,43,52,53,54,55,56,57,58,59,60,61,62)/p+1/t9-,10-,11-,12?,13?,14?,15-,16-,17-,18-,19-,20-,27-,28-,29-/m1/s1. The van der Waals surface area contributed by atoms with Gasteiger partial charge in [-0.1, -0.05) is 0 Å². The number of phosphoric ester groups is 3. The predicted octanol–water partition coefficient (Wildman–Crippen LogP) is -7.97. The number of hydrogen-bond donors (Lipinski definition) is 11. The molecule has 0 saturated carbocycles. The Morgan fingerprint density at radius 2 is 0.987 bits per heavy atom. The van der Waals surface area contributed by atoms with Crippen LogP contribution in [0.4, 0.5) is 0 Å². The topological polar surface area (TPSA) is 563 Å². The number of guanidine groups is 3. The van der Waals surface area contributed by atoms with Crippen LogP contribution in [0.1, 0.15) is 0 Å². The molecular formula is C32H44N15O25P4+. The molecule has 0 aromatic carbocycles. The molecular weight excluding hydrogens is 1120 g/mol. The lowest BCUT2D eigenvalue weighted by Crippen LogP contribution is -2.50. The van der Waals surface area contributed by atoms with Crippen molar-refractivity contribution in [3.05, 3.63) is 0 Å². The number of ether oxygens (including phenoxy) is 4. The summed E-state index contributed by atoms with van der Waals surface area (Å²) in [6, 6.07) is -3.69. The van der Waals surface area contributed by atoms with Crippen LogP contribution in [0.3, 0.4) is 0 Å². The average molecular weight is 1160 g/mol. The van der Waals surface area contributed by atoms with Crippen molar-refractivity contribution in [1.29, 1.82) is 0 Å². The van der Waals surface area contributed by atoms with Gasteiger partial charge in [0.05, 0.1) is 39.5 Å². The molecule has 9 aliphatic heterocycles. The summed E-state index contributed by atoms with van der Waals surface area (Å²) in [6.45, 7) is -3.51. The second-order valence-corrected chi connectivity index (χ2v) is 23.0. The van der Waals surface area contributed by atoms with Crippen LogP contribution in [0.2, 0.25) is 0 Å². The molecule has 40 nitrogen and oxygen atoms in total. The molecule has 7 unspecified atom stereocenters. The first kappa shape index (κ1) is 55.8. The Balaban J connectivity index is 0.845. The Bertz CT molecular complexity index is 2940. The molecule has 19 atom stereocenters. The van der Waals surface area contributed by atoms with E-state index in [1.54, 1.807) is 0 Å². The summed E-state index contributed by atoms with van der Waals surface area (Å²) < 4.78 is 105. The molecule has 0 spiro atoms. The average Bonchev–Trinajstić information content (AvgIpc) is 4.17. The van der Waals surface area contributed by atoms with Crippen molar-refractivity contribution in [3.8, 4) is 0 Å². The first-order valence-electron chi connectivity index (χ1n) is 21.5. The molecule has 0 aromatic rings. The van der Waals surface area contributed by atoms with E-state index >= 15 is 0 Å². The predicted molar refractivity (Wildman–Crippen MR) is 243 cm³/mol. The molecule has 0 bridgehead atoms. The minimum Gasteiger partial charge on any atom is -0.387 e. The highest BCUT2D eigenvalue weighted by atomic mass is 31.3. The van der Waals surface area contributed by atoms with Crippen molar-refractivity contribution in [3.63, 3.8) is 0 Å². The number of methoxy groups -OCH3 is 1. The number of aliphatic hydroxyl groups excluding tert-OH is 4. The maximum atomic E-state index is 13.7. The van der Waals surface area contributed by atoms with Crippen molar-refractivity contribution in [2.75, 3.05) is 34.0 Å². The minimum atomic E-state index is -6.24. The number of fused-ring (bicyclic) bond motifs is 3. The summed E-state index contributed by atoms with van der Waals surface area (Å²) in [5, 5.41) is 43.2. The Labute approximate surface area is 423 Å². The molecule has 9 heterocycles. The Hall–Kier alpha value is -4.96. The number of phosphoric acid groups is 4. The smallest absolute Gasteiger partial charge is 0.387 e. The van der Waals surface area contributed by atoms with Gasteiger partial charge < -0.3 is 76.1 Å². The van der Waals surface area contributed by atoms with Gasteiger partial charge in [-0.25, -0.2) is 22.8 Å². The van der Waals surface area contributed by atoms with E-state index in [1.165, 1.54) is 18.0 Å².